The molecule has 1 N–H and O–H groups in total. The van der Waals surface area contributed by atoms with Crippen molar-refractivity contribution in [3.63, 3.8) is 0 Å². The maximum Gasteiger partial charge on any atom is 0.406 e. The molecule has 0 saturated carbocycles. The molecule has 0 spiro atoms. The molecule has 2 aliphatic rings. The monoisotopic (exact) mass is 335 g/mol. The summed E-state index contributed by atoms with van der Waals surface area (Å²) in [5, 5.41) is 3.25. The van der Waals surface area contributed by atoms with Crippen molar-refractivity contribution in [3.05, 3.63) is 0 Å². The Balaban J connectivity index is 1.92. The zero-order chi connectivity index (χ0) is 17.2. The van der Waals surface area contributed by atoms with E-state index in [-0.39, 0.29) is 24.4 Å². The number of halogens is 3. The van der Waals surface area contributed by atoms with E-state index >= 15 is 0 Å². The molecule has 0 aromatic rings. The molecule has 2 saturated heterocycles. The highest BCUT2D eigenvalue weighted by Gasteiger charge is 2.41. The number of nitrogens with zero attached hydrogens (tertiary/aromatic N) is 2. The third-order valence-electron chi connectivity index (χ3n) is 4.79. The van der Waals surface area contributed by atoms with E-state index in [1.807, 2.05) is 6.92 Å². The normalized spacial score (nSPS) is 29.3. The standard InChI is InChI=1S/C15H24F3N3O2/c1-3-11-8-20(10(2)22)6-4-12(11)19-13-5-7-21(14(13)23)9-15(16,17)18/h11-13,19H,3-9H2,1-2H3/t11-,12-,13-/m1/s1. The van der Waals surface area contributed by atoms with Gasteiger partial charge in [0.1, 0.15) is 6.54 Å². The highest BCUT2D eigenvalue weighted by Crippen LogP contribution is 2.24. The van der Waals surface area contributed by atoms with Gasteiger partial charge in [-0.05, 0) is 18.8 Å². The molecule has 0 aromatic heterocycles. The largest absolute Gasteiger partial charge is 0.406 e. The van der Waals surface area contributed by atoms with Crippen molar-refractivity contribution in [2.75, 3.05) is 26.2 Å². The molecular formula is C15H24F3N3O2. The fourth-order valence-corrected chi connectivity index (χ4v) is 3.48. The van der Waals surface area contributed by atoms with Crippen LogP contribution in [0.5, 0.6) is 0 Å². The summed E-state index contributed by atoms with van der Waals surface area (Å²) in [6, 6.07) is -0.476. The first kappa shape index (κ1) is 18.0. The number of alkyl halides is 3. The van der Waals surface area contributed by atoms with Gasteiger partial charge in [-0.2, -0.15) is 13.2 Å². The van der Waals surface area contributed by atoms with Crippen LogP contribution in [0, 0.1) is 5.92 Å². The lowest BCUT2D eigenvalue weighted by molar-refractivity contribution is -0.158. The number of piperidine rings is 1. The average Bonchev–Trinajstić information content (AvgIpc) is 2.78. The van der Waals surface area contributed by atoms with Crippen LogP contribution in [0.2, 0.25) is 0 Å². The molecule has 5 nitrogen and oxygen atoms in total. The number of rotatable bonds is 4. The number of likely N-dealkylation sites (tertiary alicyclic amines) is 2. The van der Waals surface area contributed by atoms with E-state index in [9.17, 15) is 22.8 Å². The Kier molecular flexibility index (Phi) is 5.54. The second-order valence-electron chi connectivity index (χ2n) is 6.41. The van der Waals surface area contributed by atoms with E-state index in [0.29, 0.717) is 19.5 Å². The molecule has 0 aromatic carbocycles. The molecule has 0 unspecified atom stereocenters. The summed E-state index contributed by atoms with van der Waals surface area (Å²) in [5.41, 5.74) is 0. The topological polar surface area (TPSA) is 52.7 Å². The van der Waals surface area contributed by atoms with Crippen LogP contribution in [0.3, 0.4) is 0 Å². The van der Waals surface area contributed by atoms with Crippen LogP contribution in [0.15, 0.2) is 0 Å². The Hall–Kier alpha value is -1.31. The van der Waals surface area contributed by atoms with Gasteiger partial charge in [0, 0.05) is 32.6 Å². The van der Waals surface area contributed by atoms with Crippen molar-refractivity contribution in [1.82, 2.24) is 15.1 Å². The van der Waals surface area contributed by atoms with Gasteiger partial charge in [-0.1, -0.05) is 13.3 Å². The number of hydrogen-bond donors (Lipinski definition) is 1. The fourth-order valence-electron chi connectivity index (χ4n) is 3.48. The van der Waals surface area contributed by atoms with Crippen molar-refractivity contribution in [3.8, 4) is 0 Å². The summed E-state index contributed by atoms with van der Waals surface area (Å²) >= 11 is 0. The summed E-state index contributed by atoms with van der Waals surface area (Å²) in [7, 11) is 0. The molecule has 0 aliphatic carbocycles. The van der Waals surface area contributed by atoms with Crippen LogP contribution < -0.4 is 5.32 Å². The zero-order valence-corrected chi connectivity index (χ0v) is 13.5. The lowest BCUT2D eigenvalue weighted by Gasteiger charge is -2.39. The van der Waals surface area contributed by atoms with Crippen molar-refractivity contribution >= 4 is 11.8 Å². The van der Waals surface area contributed by atoms with Crippen LogP contribution in [-0.4, -0.2) is 66.1 Å². The Morgan fingerprint density at radius 1 is 1.30 bits per heavy atom. The molecule has 0 radical (unpaired) electrons. The van der Waals surface area contributed by atoms with Crippen LogP contribution in [-0.2, 0) is 9.59 Å². The highest BCUT2D eigenvalue weighted by atomic mass is 19.4. The first-order valence-corrected chi connectivity index (χ1v) is 8.08. The maximum atomic E-state index is 12.5. The van der Waals surface area contributed by atoms with Crippen LogP contribution in [0.25, 0.3) is 0 Å². The minimum absolute atomic E-state index is 0.0372. The van der Waals surface area contributed by atoms with Gasteiger partial charge in [-0.3, -0.25) is 9.59 Å². The van der Waals surface area contributed by atoms with E-state index in [4.69, 9.17) is 0 Å². The average molecular weight is 335 g/mol. The van der Waals surface area contributed by atoms with Crippen LogP contribution in [0.4, 0.5) is 13.2 Å². The van der Waals surface area contributed by atoms with E-state index < -0.39 is 24.7 Å². The summed E-state index contributed by atoms with van der Waals surface area (Å²) in [6.07, 6.45) is -2.38. The van der Waals surface area contributed by atoms with E-state index in [0.717, 1.165) is 17.7 Å². The van der Waals surface area contributed by atoms with Gasteiger partial charge in [0.05, 0.1) is 6.04 Å². The third-order valence-corrected chi connectivity index (χ3v) is 4.79. The third kappa shape index (κ3) is 4.59. The molecule has 2 heterocycles. The number of nitrogens with one attached hydrogen (secondary N) is 1. The molecule has 132 valence electrons. The summed E-state index contributed by atoms with van der Waals surface area (Å²) in [5.74, 6) is -0.210. The SMILES string of the molecule is CC[C@@H]1CN(C(C)=O)CC[C@H]1N[C@@H]1CCN(CC(F)(F)F)C1=O. The van der Waals surface area contributed by atoms with Gasteiger partial charge >= 0.3 is 6.18 Å². The number of amides is 2. The molecule has 2 aliphatic heterocycles. The summed E-state index contributed by atoms with van der Waals surface area (Å²) in [6.45, 7) is 3.78. The molecule has 2 amide bonds. The van der Waals surface area contributed by atoms with E-state index in [2.05, 4.69) is 5.32 Å². The summed E-state index contributed by atoms with van der Waals surface area (Å²) in [4.78, 5) is 26.3. The lowest BCUT2D eigenvalue weighted by atomic mass is 9.89. The Labute approximate surface area is 134 Å². The van der Waals surface area contributed by atoms with Gasteiger partial charge in [-0.25, -0.2) is 0 Å². The fraction of sp³-hybridized carbons (Fsp3) is 0.867. The minimum atomic E-state index is -4.36. The molecular weight excluding hydrogens is 311 g/mol. The zero-order valence-electron chi connectivity index (χ0n) is 13.5. The smallest absolute Gasteiger partial charge is 0.343 e. The molecule has 23 heavy (non-hydrogen) atoms. The molecule has 8 heteroatoms. The van der Waals surface area contributed by atoms with Crippen LogP contribution >= 0.6 is 0 Å². The van der Waals surface area contributed by atoms with E-state index in [1.165, 1.54) is 6.92 Å². The molecule has 2 fully saturated rings. The second kappa shape index (κ2) is 7.07. The Morgan fingerprint density at radius 3 is 2.57 bits per heavy atom. The first-order valence-electron chi connectivity index (χ1n) is 8.08. The van der Waals surface area contributed by atoms with E-state index in [1.54, 1.807) is 4.90 Å². The van der Waals surface area contributed by atoms with Gasteiger partial charge < -0.3 is 15.1 Å². The number of hydrogen-bond acceptors (Lipinski definition) is 3. The summed E-state index contributed by atoms with van der Waals surface area (Å²) < 4.78 is 37.4. The predicted molar refractivity (Wildman–Crippen MR) is 78.6 cm³/mol. The van der Waals surface area contributed by atoms with Crippen molar-refractivity contribution < 1.29 is 22.8 Å². The quantitative estimate of drug-likeness (QED) is 0.845. The van der Waals surface area contributed by atoms with Gasteiger partial charge in [-0.15, -0.1) is 0 Å². The molecule has 0 bridgehead atoms. The first-order chi connectivity index (χ1) is 10.7. The van der Waals surface area contributed by atoms with Crippen LogP contribution in [0.1, 0.15) is 33.1 Å². The predicted octanol–water partition coefficient (Wildman–Crippen LogP) is 1.39. The Morgan fingerprint density at radius 2 is 2.00 bits per heavy atom. The molecule has 3 atom stereocenters. The van der Waals surface area contributed by atoms with Gasteiger partial charge in [0.25, 0.3) is 0 Å². The second-order valence-corrected chi connectivity index (χ2v) is 6.41. The lowest BCUT2D eigenvalue weighted by Crippen LogP contribution is -2.54. The molecule has 2 rings (SSSR count). The maximum absolute atomic E-state index is 12.5. The van der Waals surface area contributed by atoms with Crippen molar-refractivity contribution in [2.45, 2.75) is 51.4 Å². The Bertz CT molecular complexity index is 456. The number of carbonyl (C=O) groups excluding carboxylic acids is 2. The van der Waals surface area contributed by atoms with Gasteiger partial charge in [0.15, 0.2) is 0 Å². The van der Waals surface area contributed by atoms with Crippen molar-refractivity contribution in [2.24, 2.45) is 5.92 Å². The highest BCUT2D eigenvalue weighted by molar-refractivity contribution is 5.84. The minimum Gasteiger partial charge on any atom is -0.343 e. The van der Waals surface area contributed by atoms with Crippen molar-refractivity contribution in [1.29, 1.82) is 0 Å². The van der Waals surface area contributed by atoms with Gasteiger partial charge in [0.2, 0.25) is 11.8 Å². The number of carbonyl (C=O) groups is 2.